The van der Waals surface area contributed by atoms with E-state index in [1.807, 2.05) is 12.1 Å². The fourth-order valence-electron chi connectivity index (χ4n) is 2.52. The van der Waals surface area contributed by atoms with E-state index in [1.165, 1.54) is 4.90 Å². The lowest BCUT2D eigenvalue weighted by molar-refractivity contribution is -0.145. The van der Waals surface area contributed by atoms with E-state index in [4.69, 9.17) is 21.7 Å². The Morgan fingerprint density at radius 1 is 1.10 bits per heavy atom. The second kappa shape index (κ2) is 9.49. The van der Waals surface area contributed by atoms with E-state index in [-0.39, 0.29) is 29.2 Å². The van der Waals surface area contributed by atoms with Crippen LogP contribution in [0.25, 0.3) is 6.08 Å². The molecule has 0 saturated carbocycles. The topological polar surface area (TPSA) is 72.9 Å². The van der Waals surface area contributed by atoms with Crippen LogP contribution in [0.2, 0.25) is 0 Å². The normalized spacial score (nSPS) is 14.9. The molecule has 1 aliphatic heterocycles. The van der Waals surface area contributed by atoms with E-state index in [2.05, 4.69) is 0 Å². The largest absolute Gasteiger partial charge is 0.497 e. The van der Waals surface area contributed by atoms with Gasteiger partial charge in [-0.15, -0.1) is 0 Å². The van der Waals surface area contributed by atoms with Crippen LogP contribution in [0.15, 0.2) is 59.5 Å². The van der Waals surface area contributed by atoms with Crippen molar-refractivity contribution in [2.45, 2.75) is 0 Å². The zero-order valence-electron chi connectivity index (χ0n) is 15.5. The number of ketones is 1. The number of thiocarbonyl (C=S) groups is 1. The van der Waals surface area contributed by atoms with Gasteiger partial charge in [0.2, 0.25) is 0 Å². The summed E-state index contributed by atoms with van der Waals surface area (Å²) in [6, 6.07) is 15.7. The highest BCUT2D eigenvalue weighted by atomic mass is 32.2. The number of carbonyl (C=O) groups excluding carboxylic acids is 3. The minimum absolute atomic E-state index is 0.265. The van der Waals surface area contributed by atoms with Crippen LogP contribution in [-0.4, -0.2) is 47.1 Å². The summed E-state index contributed by atoms with van der Waals surface area (Å²) in [7, 11) is 1.58. The van der Waals surface area contributed by atoms with Gasteiger partial charge in [-0.2, -0.15) is 0 Å². The number of hydrogen-bond donors (Lipinski definition) is 0. The Morgan fingerprint density at radius 2 is 1.79 bits per heavy atom. The molecule has 6 nitrogen and oxygen atoms in total. The van der Waals surface area contributed by atoms with Crippen molar-refractivity contribution in [2.24, 2.45) is 0 Å². The van der Waals surface area contributed by atoms with E-state index in [1.54, 1.807) is 55.7 Å². The third-order valence-corrected chi connectivity index (χ3v) is 5.41. The summed E-state index contributed by atoms with van der Waals surface area (Å²) in [4.78, 5) is 38.3. The Morgan fingerprint density at radius 3 is 2.45 bits per heavy atom. The Balaban J connectivity index is 1.58. The van der Waals surface area contributed by atoms with Gasteiger partial charge >= 0.3 is 5.97 Å². The van der Waals surface area contributed by atoms with E-state index in [0.717, 1.165) is 17.3 Å². The second-order valence-corrected chi connectivity index (χ2v) is 7.67. The van der Waals surface area contributed by atoms with Crippen LogP contribution in [0.5, 0.6) is 5.75 Å². The molecule has 0 spiro atoms. The molecule has 0 N–H and O–H groups in total. The van der Waals surface area contributed by atoms with Crippen LogP contribution in [0.4, 0.5) is 0 Å². The Hall–Kier alpha value is -2.97. The van der Waals surface area contributed by atoms with Crippen LogP contribution in [0.3, 0.4) is 0 Å². The van der Waals surface area contributed by atoms with Gasteiger partial charge in [-0.25, -0.2) is 0 Å². The molecule has 0 aliphatic carbocycles. The van der Waals surface area contributed by atoms with Crippen LogP contribution in [0.1, 0.15) is 15.9 Å². The monoisotopic (exact) mass is 427 g/mol. The number of hydrogen-bond acceptors (Lipinski definition) is 7. The predicted octanol–water partition coefficient (Wildman–Crippen LogP) is 3.32. The summed E-state index contributed by atoms with van der Waals surface area (Å²) < 4.78 is 10.4. The number of carbonyl (C=O) groups is 3. The lowest BCUT2D eigenvalue weighted by Crippen LogP contribution is -2.35. The van der Waals surface area contributed by atoms with Crippen molar-refractivity contribution < 1.29 is 23.9 Å². The van der Waals surface area contributed by atoms with Crippen molar-refractivity contribution in [2.75, 3.05) is 20.3 Å². The highest BCUT2D eigenvalue weighted by Crippen LogP contribution is 2.32. The first-order valence-corrected chi connectivity index (χ1v) is 9.83. The lowest BCUT2D eigenvalue weighted by atomic mass is 10.1. The van der Waals surface area contributed by atoms with Crippen molar-refractivity contribution >= 4 is 52.0 Å². The van der Waals surface area contributed by atoms with Gasteiger partial charge < -0.3 is 9.47 Å². The fraction of sp³-hybridized carbons (Fsp3) is 0.143. The number of esters is 1. The lowest BCUT2D eigenvalue weighted by Gasteiger charge is -2.13. The molecule has 0 bridgehead atoms. The number of amides is 1. The van der Waals surface area contributed by atoms with Gasteiger partial charge in [0.05, 0.1) is 12.0 Å². The number of ether oxygens (including phenoxy) is 2. The van der Waals surface area contributed by atoms with Crippen molar-refractivity contribution in [1.29, 1.82) is 0 Å². The summed E-state index contributed by atoms with van der Waals surface area (Å²) >= 11 is 6.33. The number of rotatable bonds is 7. The maximum absolute atomic E-state index is 12.6. The quantitative estimate of drug-likeness (QED) is 0.290. The van der Waals surface area contributed by atoms with Gasteiger partial charge in [-0.05, 0) is 23.8 Å². The number of thioether (sulfide) groups is 1. The Bertz CT molecular complexity index is 970. The van der Waals surface area contributed by atoms with Crippen molar-refractivity contribution in [3.63, 3.8) is 0 Å². The molecule has 1 heterocycles. The number of Topliss-reactive ketones (excluding diaryl/α,β-unsaturated/α-hetero) is 1. The molecule has 1 amide bonds. The van der Waals surface area contributed by atoms with Crippen molar-refractivity contribution in [3.8, 4) is 5.75 Å². The molecule has 1 aliphatic rings. The SMILES string of the molecule is COc1ccc(C=C2SC(=S)N(CC(=O)OCC(=O)c3ccccc3)C2=O)cc1. The van der Waals surface area contributed by atoms with E-state index < -0.39 is 5.97 Å². The summed E-state index contributed by atoms with van der Waals surface area (Å²) in [6.45, 7) is -0.730. The average Bonchev–Trinajstić information content (AvgIpc) is 3.00. The summed E-state index contributed by atoms with van der Waals surface area (Å²) in [5.41, 5.74) is 1.26. The molecular formula is C21H17NO5S2. The fourth-order valence-corrected chi connectivity index (χ4v) is 3.77. The summed E-state index contributed by atoms with van der Waals surface area (Å²) in [5, 5.41) is 0. The molecule has 0 radical (unpaired) electrons. The minimum atomic E-state index is -0.698. The molecule has 1 saturated heterocycles. The average molecular weight is 428 g/mol. The molecule has 0 atom stereocenters. The molecule has 3 rings (SSSR count). The molecule has 0 unspecified atom stereocenters. The van der Waals surface area contributed by atoms with Gasteiger partial charge in [-0.3, -0.25) is 19.3 Å². The first-order valence-electron chi connectivity index (χ1n) is 8.61. The third-order valence-electron chi connectivity index (χ3n) is 4.03. The Kier molecular flexibility index (Phi) is 6.79. The molecule has 2 aromatic rings. The number of nitrogens with zero attached hydrogens (tertiary/aromatic N) is 1. The van der Waals surface area contributed by atoms with Gasteiger partial charge in [0.1, 0.15) is 16.6 Å². The molecule has 8 heteroatoms. The maximum Gasteiger partial charge on any atom is 0.326 e. The standard InChI is InChI=1S/C21H17NO5S2/c1-26-16-9-7-14(8-10-16)11-18-20(25)22(21(28)29-18)12-19(24)27-13-17(23)15-5-3-2-4-6-15/h2-11H,12-13H2,1H3. The van der Waals surface area contributed by atoms with Crippen LogP contribution in [-0.2, 0) is 14.3 Å². The van der Waals surface area contributed by atoms with E-state index in [0.29, 0.717) is 16.2 Å². The van der Waals surface area contributed by atoms with Crippen LogP contribution in [0, 0.1) is 0 Å². The van der Waals surface area contributed by atoms with Gasteiger partial charge in [-0.1, -0.05) is 66.4 Å². The molecular weight excluding hydrogens is 410 g/mol. The smallest absolute Gasteiger partial charge is 0.326 e. The molecule has 29 heavy (non-hydrogen) atoms. The van der Waals surface area contributed by atoms with Crippen LogP contribution < -0.4 is 4.74 Å². The minimum Gasteiger partial charge on any atom is -0.497 e. The molecule has 1 fully saturated rings. The maximum atomic E-state index is 12.6. The predicted molar refractivity (Wildman–Crippen MR) is 115 cm³/mol. The van der Waals surface area contributed by atoms with Crippen molar-refractivity contribution in [3.05, 3.63) is 70.6 Å². The van der Waals surface area contributed by atoms with E-state index in [9.17, 15) is 14.4 Å². The zero-order valence-corrected chi connectivity index (χ0v) is 17.1. The first-order chi connectivity index (χ1) is 14.0. The van der Waals surface area contributed by atoms with Gasteiger partial charge in [0, 0.05) is 5.56 Å². The van der Waals surface area contributed by atoms with Gasteiger partial charge in [0.25, 0.3) is 5.91 Å². The summed E-state index contributed by atoms with van der Waals surface area (Å²) in [5.74, 6) is -0.676. The highest BCUT2D eigenvalue weighted by molar-refractivity contribution is 8.26. The summed E-state index contributed by atoms with van der Waals surface area (Å²) in [6.07, 6.45) is 1.70. The molecule has 2 aromatic carbocycles. The van der Waals surface area contributed by atoms with E-state index >= 15 is 0 Å². The third kappa shape index (κ3) is 5.30. The van der Waals surface area contributed by atoms with Crippen molar-refractivity contribution in [1.82, 2.24) is 4.90 Å². The first kappa shape index (κ1) is 20.8. The van der Waals surface area contributed by atoms with Gasteiger partial charge in [0.15, 0.2) is 12.4 Å². The zero-order chi connectivity index (χ0) is 20.8. The number of benzene rings is 2. The molecule has 148 valence electrons. The van der Waals surface area contributed by atoms with Crippen LogP contribution >= 0.6 is 24.0 Å². The molecule has 0 aromatic heterocycles. The number of methoxy groups -OCH3 is 1. The Labute approximate surface area is 177 Å². The highest BCUT2D eigenvalue weighted by Gasteiger charge is 2.33. The second-order valence-electron chi connectivity index (χ2n) is 5.99.